The standard InChI is InChI=1S/C15H16N6O3/c1-23-11-4-3-9(5-12(11)24-2)20-13(22)7-21-15-10(6-19-21)14(16)17-8-18-15/h3-6,8H,7H2,1-2H3,(H,20,22)(H2,16,17,18). The summed E-state index contributed by atoms with van der Waals surface area (Å²) in [5.41, 5.74) is 6.84. The van der Waals surface area contributed by atoms with Gasteiger partial charge in [0.05, 0.1) is 25.8 Å². The summed E-state index contributed by atoms with van der Waals surface area (Å²) in [4.78, 5) is 20.2. The van der Waals surface area contributed by atoms with E-state index in [2.05, 4.69) is 20.4 Å². The molecule has 3 rings (SSSR count). The molecule has 0 aliphatic rings. The Bertz CT molecular complexity index is 892. The number of methoxy groups -OCH3 is 2. The van der Waals surface area contributed by atoms with Gasteiger partial charge in [0.1, 0.15) is 18.7 Å². The SMILES string of the molecule is COc1ccc(NC(=O)Cn2ncc3c(N)ncnc32)cc1OC. The third-order valence-corrected chi connectivity index (χ3v) is 3.43. The van der Waals surface area contributed by atoms with Crippen molar-refractivity contribution in [1.29, 1.82) is 0 Å². The quantitative estimate of drug-likeness (QED) is 0.719. The summed E-state index contributed by atoms with van der Waals surface area (Å²) < 4.78 is 11.8. The largest absolute Gasteiger partial charge is 0.493 e. The number of benzene rings is 1. The molecule has 24 heavy (non-hydrogen) atoms. The van der Waals surface area contributed by atoms with Crippen LogP contribution in [0.3, 0.4) is 0 Å². The van der Waals surface area contributed by atoms with E-state index in [1.165, 1.54) is 24.3 Å². The van der Waals surface area contributed by atoms with Gasteiger partial charge in [-0.05, 0) is 12.1 Å². The number of aromatic nitrogens is 4. The average Bonchev–Trinajstić information content (AvgIpc) is 2.99. The second-order valence-corrected chi connectivity index (χ2v) is 4.92. The van der Waals surface area contributed by atoms with E-state index in [-0.39, 0.29) is 12.5 Å². The van der Waals surface area contributed by atoms with Crippen LogP contribution in [-0.4, -0.2) is 39.9 Å². The molecule has 3 aromatic rings. The van der Waals surface area contributed by atoms with Crippen LogP contribution >= 0.6 is 0 Å². The van der Waals surface area contributed by atoms with Crippen molar-refractivity contribution >= 4 is 28.4 Å². The maximum Gasteiger partial charge on any atom is 0.246 e. The van der Waals surface area contributed by atoms with Crippen molar-refractivity contribution in [2.75, 3.05) is 25.3 Å². The summed E-state index contributed by atoms with van der Waals surface area (Å²) in [6.07, 6.45) is 2.87. The molecule has 0 bridgehead atoms. The predicted molar refractivity (Wildman–Crippen MR) is 87.9 cm³/mol. The number of amides is 1. The van der Waals surface area contributed by atoms with Crippen LogP contribution < -0.4 is 20.5 Å². The molecule has 0 aliphatic heterocycles. The third-order valence-electron chi connectivity index (χ3n) is 3.43. The van der Waals surface area contributed by atoms with Crippen molar-refractivity contribution < 1.29 is 14.3 Å². The van der Waals surface area contributed by atoms with E-state index in [9.17, 15) is 4.79 Å². The molecule has 0 saturated heterocycles. The molecule has 1 amide bonds. The maximum absolute atomic E-state index is 12.2. The zero-order valence-electron chi connectivity index (χ0n) is 13.2. The van der Waals surface area contributed by atoms with Crippen molar-refractivity contribution in [3.05, 3.63) is 30.7 Å². The molecule has 0 saturated carbocycles. The van der Waals surface area contributed by atoms with Gasteiger partial charge in [0.15, 0.2) is 17.1 Å². The number of carbonyl (C=O) groups is 1. The van der Waals surface area contributed by atoms with E-state index in [0.29, 0.717) is 34.0 Å². The van der Waals surface area contributed by atoms with Crippen LogP contribution in [0.2, 0.25) is 0 Å². The highest BCUT2D eigenvalue weighted by Crippen LogP contribution is 2.29. The number of carbonyl (C=O) groups excluding carboxylic acids is 1. The number of rotatable bonds is 5. The van der Waals surface area contributed by atoms with E-state index < -0.39 is 0 Å². The first kappa shape index (κ1) is 15.5. The molecule has 124 valence electrons. The van der Waals surface area contributed by atoms with Crippen LogP contribution in [0, 0.1) is 0 Å². The molecule has 0 atom stereocenters. The Hall–Kier alpha value is -3.36. The van der Waals surface area contributed by atoms with Gasteiger partial charge in [0.25, 0.3) is 0 Å². The molecule has 0 aliphatic carbocycles. The van der Waals surface area contributed by atoms with Crippen molar-refractivity contribution in [3.63, 3.8) is 0 Å². The fourth-order valence-electron chi connectivity index (χ4n) is 2.28. The first-order valence-electron chi connectivity index (χ1n) is 7.06. The Balaban J connectivity index is 1.77. The number of nitrogens with two attached hydrogens (primary N) is 1. The Morgan fingerprint density at radius 3 is 2.79 bits per heavy atom. The van der Waals surface area contributed by atoms with E-state index in [0.717, 1.165) is 0 Å². The van der Waals surface area contributed by atoms with E-state index >= 15 is 0 Å². The number of hydrogen-bond donors (Lipinski definition) is 2. The van der Waals surface area contributed by atoms with Gasteiger partial charge in [0, 0.05) is 11.8 Å². The summed E-state index contributed by atoms with van der Waals surface area (Å²) in [5.74, 6) is 1.18. The zero-order chi connectivity index (χ0) is 17.1. The lowest BCUT2D eigenvalue weighted by Crippen LogP contribution is -2.19. The van der Waals surface area contributed by atoms with Crippen molar-refractivity contribution in [3.8, 4) is 11.5 Å². The van der Waals surface area contributed by atoms with Gasteiger partial charge in [-0.3, -0.25) is 4.79 Å². The summed E-state index contributed by atoms with van der Waals surface area (Å²) in [6.45, 7) is -0.00566. The minimum absolute atomic E-state index is 0.00566. The highest BCUT2D eigenvalue weighted by Gasteiger charge is 2.12. The highest BCUT2D eigenvalue weighted by molar-refractivity contribution is 5.92. The lowest BCUT2D eigenvalue weighted by molar-refractivity contribution is -0.116. The topological polar surface area (TPSA) is 117 Å². The average molecular weight is 328 g/mol. The molecule has 0 unspecified atom stereocenters. The number of nitrogens with one attached hydrogen (secondary N) is 1. The summed E-state index contributed by atoms with van der Waals surface area (Å²) in [5, 5.41) is 7.51. The third kappa shape index (κ3) is 2.91. The van der Waals surface area contributed by atoms with Crippen LogP contribution in [0.25, 0.3) is 11.0 Å². The first-order valence-corrected chi connectivity index (χ1v) is 7.06. The number of nitrogen functional groups attached to an aromatic ring is 1. The van der Waals surface area contributed by atoms with Gasteiger partial charge >= 0.3 is 0 Å². The number of hydrogen-bond acceptors (Lipinski definition) is 7. The lowest BCUT2D eigenvalue weighted by Gasteiger charge is -2.10. The molecule has 0 spiro atoms. The van der Waals surface area contributed by atoms with Crippen molar-refractivity contribution in [2.24, 2.45) is 0 Å². The van der Waals surface area contributed by atoms with Crippen LogP contribution in [0.4, 0.5) is 11.5 Å². The maximum atomic E-state index is 12.2. The Morgan fingerprint density at radius 1 is 1.25 bits per heavy atom. The second-order valence-electron chi connectivity index (χ2n) is 4.92. The number of fused-ring (bicyclic) bond motifs is 1. The molecule has 0 fully saturated rings. The van der Waals surface area contributed by atoms with Crippen molar-refractivity contribution in [1.82, 2.24) is 19.7 Å². The normalized spacial score (nSPS) is 10.6. The molecular weight excluding hydrogens is 312 g/mol. The first-order chi connectivity index (χ1) is 11.6. The molecule has 9 heteroatoms. The van der Waals surface area contributed by atoms with E-state index in [1.54, 1.807) is 25.3 Å². The monoisotopic (exact) mass is 328 g/mol. The van der Waals surface area contributed by atoms with E-state index in [4.69, 9.17) is 15.2 Å². The smallest absolute Gasteiger partial charge is 0.246 e. The molecule has 9 nitrogen and oxygen atoms in total. The fraction of sp³-hybridized carbons (Fsp3) is 0.200. The van der Waals surface area contributed by atoms with Crippen molar-refractivity contribution in [2.45, 2.75) is 6.54 Å². The van der Waals surface area contributed by atoms with Gasteiger partial charge in [-0.1, -0.05) is 0 Å². The molecule has 0 radical (unpaired) electrons. The van der Waals surface area contributed by atoms with Crippen LogP contribution in [0.15, 0.2) is 30.7 Å². The molecule has 1 aromatic carbocycles. The molecular formula is C15H16N6O3. The van der Waals surface area contributed by atoms with Crippen LogP contribution in [-0.2, 0) is 11.3 Å². The summed E-state index contributed by atoms with van der Waals surface area (Å²) >= 11 is 0. The lowest BCUT2D eigenvalue weighted by atomic mass is 10.2. The number of ether oxygens (including phenoxy) is 2. The predicted octanol–water partition coefficient (Wildman–Crippen LogP) is 1.06. The highest BCUT2D eigenvalue weighted by atomic mass is 16.5. The van der Waals surface area contributed by atoms with Gasteiger partial charge in [-0.25, -0.2) is 14.6 Å². The molecule has 3 N–H and O–H groups in total. The summed E-state index contributed by atoms with van der Waals surface area (Å²) in [7, 11) is 3.08. The number of anilines is 2. The molecule has 2 aromatic heterocycles. The van der Waals surface area contributed by atoms with Crippen LogP contribution in [0.5, 0.6) is 11.5 Å². The van der Waals surface area contributed by atoms with E-state index in [1.807, 2.05) is 0 Å². The Kier molecular flexibility index (Phi) is 4.15. The summed E-state index contributed by atoms with van der Waals surface area (Å²) in [6, 6.07) is 5.12. The molecule has 2 heterocycles. The number of nitrogens with zero attached hydrogens (tertiary/aromatic N) is 4. The Morgan fingerprint density at radius 2 is 2.04 bits per heavy atom. The second kappa shape index (κ2) is 6.41. The van der Waals surface area contributed by atoms with Gasteiger partial charge in [-0.2, -0.15) is 5.10 Å². The fourth-order valence-corrected chi connectivity index (χ4v) is 2.28. The van der Waals surface area contributed by atoms with Gasteiger partial charge < -0.3 is 20.5 Å². The van der Waals surface area contributed by atoms with Gasteiger partial charge in [-0.15, -0.1) is 0 Å². The van der Waals surface area contributed by atoms with Gasteiger partial charge in [0.2, 0.25) is 5.91 Å². The minimum Gasteiger partial charge on any atom is -0.493 e. The Labute approximate surface area is 137 Å². The zero-order valence-corrected chi connectivity index (χ0v) is 13.2. The van der Waals surface area contributed by atoms with Crippen LogP contribution in [0.1, 0.15) is 0 Å². The minimum atomic E-state index is -0.260.